The number of hydrogen-bond acceptors (Lipinski definition) is 5. The number of likely N-dealkylation sites (tertiary alicyclic amines) is 1. The van der Waals surface area contributed by atoms with Gasteiger partial charge in [-0.25, -0.2) is 8.42 Å². The van der Waals surface area contributed by atoms with Crippen LogP contribution in [-0.2, 0) is 24.2 Å². The molecular formula is C21H27N3O5S. The van der Waals surface area contributed by atoms with Crippen LogP contribution >= 0.6 is 0 Å². The molecule has 30 heavy (non-hydrogen) atoms. The van der Waals surface area contributed by atoms with Crippen LogP contribution in [-0.4, -0.2) is 68.2 Å². The molecule has 1 aromatic rings. The maximum absolute atomic E-state index is 12.9. The minimum Gasteiger partial charge on any atom is -0.352 e. The van der Waals surface area contributed by atoms with E-state index in [-0.39, 0.29) is 53.5 Å². The lowest BCUT2D eigenvalue weighted by Crippen LogP contribution is -2.47. The molecule has 0 saturated carbocycles. The van der Waals surface area contributed by atoms with Crippen molar-refractivity contribution in [2.75, 3.05) is 36.0 Å². The SMILES string of the molecule is O=C(N[C@@H]1CCS(=O)(=O)C1)C1CCN(C(=O)[C@@H]2CC(=O)N(c3ccccc3)C2)CC1. The summed E-state index contributed by atoms with van der Waals surface area (Å²) in [6.45, 7) is 1.35. The number of hydrogen-bond donors (Lipinski definition) is 1. The Labute approximate surface area is 176 Å². The predicted molar refractivity (Wildman–Crippen MR) is 111 cm³/mol. The Balaban J connectivity index is 1.27. The molecule has 4 rings (SSSR count). The van der Waals surface area contributed by atoms with Crippen molar-refractivity contribution < 1.29 is 22.8 Å². The summed E-state index contributed by atoms with van der Waals surface area (Å²) in [6, 6.07) is 9.06. The molecule has 3 saturated heterocycles. The number of benzene rings is 1. The summed E-state index contributed by atoms with van der Waals surface area (Å²) >= 11 is 0. The monoisotopic (exact) mass is 433 g/mol. The van der Waals surface area contributed by atoms with Gasteiger partial charge in [0.05, 0.1) is 17.4 Å². The molecule has 0 bridgehead atoms. The summed E-state index contributed by atoms with van der Waals surface area (Å²) in [5, 5.41) is 2.86. The molecule has 0 radical (unpaired) electrons. The molecule has 9 heteroatoms. The van der Waals surface area contributed by atoms with Gasteiger partial charge < -0.3 is 15.1 Å². The number of sulfone groups is 1. The van der Waals surface area contributed by atoms with Gasteiger partial charge in [0.2, 0.25) is 17.7 Å². The molecule has 3 aliphatic rings. The van der Waals surface area contributed by atoms with Crippen LogP contribution in [0.25, 0.3) is 0 Å². The van der Waals surface area contributed by atoms with Crippen molar-refractivity contribution >= 4 is 33.2 Å². The molecule has 0 spiro atoms. The van der Waals surface area contributed by atoms with Gasteiger partial charge in [-0.3, -0.25) is 14.4 Å². The van der Waals surface area contributed by atoms with Crippen molar-refractivity contribution in [2.24, 2.45) is 11.8 Å². The number of rotatable bonds is 4. The highest BCUT2D eigenvalue weighted by Gasteiger charge is 2.39. The van der Waals surface area contributed by atoms with Crippen LogP contribution in [0.15, 0.2) is 30.3 Å². The predicted octanol–water partition coefficient (Wildman–Crippen LogP) is 0.581. The normalized spacial score (nSPS) is 26.7. The first-order chi connectivity index (χ1) is 14.3. The Hall–Kier alpha value is -2.42. The molecule has 0 aromatic heterocycles. The third-order valence-electron chi connectivity index (χ3n) is 6.30. The molecule has 3 fully saturated rings. The van der Waals surface area contributed by atoms with Crippen molar-refractivity contribution in [1.82, 2.24) is 10.2 Å². The van der Waals surface area contributed by atoms with Crippen LogP contribution in [0, 0.1) is 11.8 Å². The summed E-state index contributed by atoms with van der Waals surface area (Å²) in [5.74, 6) is -0.595. The van der Waals surface area contributed by atoms with Crippen LogP contribution in [0.5, 0.6) is 0 Å². The molecule has 162 valence electrons. The van der Waals surface area contributed by atoms with E-state index in [1.807, 2.05) is 30.3 Å². The second-order valence-corrected chi connectivity index (χ2v) is 10.7. The molecule has 0 aliphatic carbocycles. The van der Waals surface area contributed by atoms with Crippen molar-refractivity contribution in [3.63, 3.8) is 0 Å². The van der Waals surface area contributed by atoms with Gasteiger partial charge in [-0.2, -0.15) is 0 Å². The lowest BCUT2D eigenvalue weighted by atomic mass is 9.94. The quantitative estimate of drug-likeness (QED) is 0.748. The highest BCUT2D eigenvalue weighted by molar-refractivity contribution is 7.91. The molecule has 1 aromatic carbocycles. The van der Waals surface area contributed by atoms with Crippen molar-refractivity contribution in [3.8, 4) is 0 Å². The Kier molecular flexibility index (Phi) is 5.81. The minimum absolute atomic E-state index is 0.0176. The zero-order chi connectivity index (χ0) is 21.3. The van der Waals surface area contributed by atoms with Gasteiger partial charge in [-0.15, -0.1) is 0 Å². The first-order valence-electron chi connectivity index (χ1n) is 10.5. The van der Waals surface area contributed by atoms with E-state index < -0.39 is 9.84 Å². The van der Waals surface area contributed by atoms with E-state index in [1.165, 1.54) is 0 Å². The number of piperidine rings is 1. The largest absolute Gasteiger partial charge is 0.352 e. The van der Waals surface area contributed by atoms with Gasteiger partial charge in [-0.1, -0.05) is 18.2 Å². The van der Waals surface area contributed by atoms with E-state index in [0.29, 0.717) is 38.9 Å². The number of para-hydroxylation sites is 1. The Morgan fingerprint density at radius 2 is 1.70 bits per heavy atom. The molecular weight excluding hydrogens is 406 g/mol. The zero-order valence-corrected chi connectivity index (χ0v) is 17.6. The molecule has 8 nitrogen and oxygen atoms in total. The topological polar surface area (TPSA) is 104 Å². The van der Waals surface area contributed by atoms with Gasteiger partial charge >= 0.3 is 0 Å². The van der Waals surface area contributed by atoms with E-state index in [9.17, 15) is 22.8 Å². The van der Waals surface area contributed by atoms with Crippen LogP contribution in [0.3, 0.4) is 0 Å². The lowest BCUT2D eigenvalue weighted by Gasteiger charge is -2.33. The molecule has 3 heterocycles. The number of carbonyl (C=O) groups excluding carboxylic acids is 3. The third kappa shape index (κ3) is 4.50. The summed E-state index contributed by atoms with van der Waals surface area (Å²) in [6.07, 6.45) is 1.80. The Morgan fingerprint density at radius 3 is 2.33 bits per heavy atom. The van der Waals surface area contributed by atoms with Gasteiger partial charge in [0.1, 0.15) is 0 Å². The van der Waals surface area contributed by atoms with Crippen LogP contribution in [0.4, 0.5) is 5.69 Å². The molecule has 1 N–H and O–H groups in total. The standard InChI is InChI=1S/C21H27N3O5S/c25-19-12-16(13-24(19)18-4-2-1-3-5-18)21(27)23-9-6-15(7-10-23)20(26)22-17-8-11-30(28,29)14-17/h1-5,15-17H,6-14H2,(H,22,26)/t16-,17-/m1/s1. The lowest BCUT2D eigenvalue weighted by molar-refractivity contribution is -0.139. The third-order valence-corrected chi connectivity index (χ3v) is 8.07. The van der Waals surface area contributed by atoms with E-state index in [1.54, 1.807) is 9.80 Å². The fourth-order valence-electron chi connectivity index (χ4n) is 4.58. The molecule has 3 aliphatic heterocycles. The second kappa shape index (κ2) is 8.37. The number of anilines is 1. The van der Waals surface area contributed by atoms with E-state index in [0.717, 1.165) is 5.69 Å². The maximum atomic E-state index is 12.9. The fraction of sp³-hybridized carbons (Fsp3) is 0.571. The smallest absolute Gasteiger partial charge is 0.228 e. The van der Waals surface area contributed by atoms with Crippen molar-refractivity contribution in [2.45, 2.75) is 31.7 Å². The van der Waals surface area contributed by atoms with Crippen molar-refractivity contribution in [1.29, 1.82) is 0 Å². The van der Waals surface area contributed by atoms with Crippen LogP contribution in [0.1, 0.15) is 25.7 Å². The average molecular weight is 434 g/mol. The molecule has 0 unspecified atom stereocenters. The van der Waals surface area contributed by atoms with Crippen molar-refractivity contribution in [3.05, 3.63) is 30.3 Å². The second-order valence-electron chi connectivity index (χ2n) is 8.45. The molecule has 3 amide bonds. The summed E-state index contributed by atoms with van der Waals surface area (Å²) in [4.78, 5) is 41.2. The van der Waals surface area contributed by atoms with Crippen LogP contribution < -0.4 is 10.2 Å². The number of carbonyl (C=O) groups is 3. The first-order valence-corrected chi connectivity index (χ1v) is 12.3. The number of nitrogens with one attached hydrogen (secondary N) is 1. The number of nitrogens with zero attached hydrogens (tertiary/aromatic N) is 2. The van der Waals surface area contributed by atoms with E-state index in [4.69, 9.17) is 0 Å². The van der Waals surface area contributed by atoms with Gasteiger partial charge in [0.25, 0.3) is 0 Å². The first kappa shape index (κ1) is 20.8. The summed E-state index contributed by atoms with van der Waals surface area (Å²) < 4.78 is 23.1. The highest BCUT2D eigenvalue weighted by Crippen LogP contribution is 2.28. The average Bonchev–Trinajstić information content (AvgIpc) is 3.29. The fourth-order valence-corrected chi connectivity index (χ4v) is 6.25. The minimum atomic E-state index is -3.03. The van der Waals surface area contributed by atoms with E-state index in [2.05, 4.69) is 5.32 Å². The van der Waals surface area contributed by atoms with Gasteiger partial charge in [-0.05, 0) is 31.4 Å². The molecule has 2 atom stereocenters. The van der Waals surface area contributed by atoms with Gasteiger partial charge in [0.15, 0.2) is 9.84 Å². The number of amides is 3. The Bertz CT molecular complexity index is 925. The Morgan fingerprint density at radius 1 is 1.00 bits per heavy atom. The van der Waals surface area contributed by atoms with E-state index >= 15 is 0 Å². The maximum Gasteiger partial charge on any atom is 0.228 e. The summed E-state index contributed by atoms with van der Waals surface area (Å²) in [7, 11) is -3.03. The highest BCUT2D eigenvalue weighted by atomic mass is 32.2. The zero-order valence-electron chi connectivity index (χ0n) is 16.8. The summed E-state index contributed by atoms with van der Waals surface area (Å²) in [5.41, 5.74) is 0.808. The van der Waals surface area contributed by atoms with Crippen LogP contribution in [0.2, 0.25) is 0 Å². The van der Waals surface area contributed by atoms with Gasteiger partial charge in [0, 0.05) is 43.7 Å².